The van der Waals surface area contributed by atoms with Gasteiger partial charge in [-0.05, 0) is 56.9 Å². The second-order valence-corrected chi connectivity index (χ2v) is 7.48. The Morgan fingerprint density at radius 1 is 1.15 bits per heavy atom. The Bertz CT molecular complexity index is 265. The summed E-state index contributed by atoms with van der Waals surface area (Å²) in [7, 11) is 0. The molecule has 0 amide bonds. The van der Waals surface area contributed by atoms with Gasteiger partial charge in [-0.15, -0.1) is 0 Å². The van der Waals surface area contributed by atoms with Crippen molar-refractivity contribution in [2.45, 2.75) is 90.2 Å². The van der Waals surface area contributed by atoms with Gasteiger partial charge in [0.15, 0.2) is 0 Å². The highest BCUT2D eigenvalue weighted by Crippen LogP contribution is 2.42. The molecule has 1 spiro atoms. The van der Waals surface area contributed by atoms with Gasteiger partial charge in [-0.3, -0.25) is 0 Å². The molecule has 1 saturated heterocycles. The average molecular weight is 281 g/mol. The molecule has 0 radical (unpaired) electrons. The van der Waals surface area contributed by atoms with Crippen LogP contribution in [0.15, 0.2) is 0 Å². The second-order valence-electron chi connectivity index (χ2n) is 7.48. The Kier molecular flexibility index (Phi) is 6.35. The zero-order chi connectivity index (χ0) is 14.4. The molecule has 118 valence electrons. The van der Waals surface area contributed by atoms with Crippen LogP contribution < -0.4 is 5.32 Å². The van der Waals surface area contributed by atoms with E-state index in [4.69, 9.17) is 4.74 Å². The molecular weight excluding hydrogens is 246 g/mol. The molecule has 0 aromatic rings. The minimum absolute atomic E-state index is 0.257. The molecule has 2 atom stereocenters. The maximum atomic E-state index is 6.26. The lowest BCUT2D eigenvalue weighted by Crippen LogP contribution is -2.47. The standard InChI is InChI=1S/C18H35NO/c1-4-19-17(9-8-15(2)3)16-10-13-20-18(14-16)11-6-5-7-12-18/h15-17,19H,4-14H2,1-3H3. The van der Waals surface area contributed by atoms with E-state index < -0.39 is 0 Å². The van der Waals surface area contributed by atoms with Crippen LogP contribution in [0.4, 0.5) is 0 Å². The number of ether oxygens (including phenoxy) is 1. The molecule has 2 fully saturated rings. The normalized spacial score (nSPS) is 27.9. The third-order valence-corrected chi connectivity index (χ3v) is 5.39. The lowest BCUT2D eigenvalue weighted by Gasteiger charge is -2.45. The van der Waals surface area contributed by atoms with E-state index in [0.717, 1.165) is 25.0 Å². The Hall–Kier alpha value is -0.0800. The number of nitrogens with one attached hydrogen (secondary N) is 1. The van der Waals surface area contributed by atoms with Crippen LogP contribution in [0, 0.1) is 11.8 Å². The number of hydrogen-bond donors (Lipinski definition) is 1. The highest BCUT2D eigenvalue weighted by molar-refractivity contribution is 4.93. The molecule has 2 rings (SSSR count). The lowest BCUT2D eigenvalue weighted by atomic mass is 9.73. The molecule has 2 nitrogen and oxygen atoms in total. The molecule has 1 heterocycles. The van der Waals surface area contributed by atoms with E-state index in [1.54, 1.807) is 0 Å². The maximum Gasteiger partial charge on any atom is 0.0685 e. The van der Waals surface area contributed by atoms with Crippen LogP contribution in [0.2, 0.25) is 0 Å². The molecule has 0 aromatic carbocycles. The Balaban J connectivity index is 1.93. The highest BCUT2D eigenvalue weighted by Gasteiger charge is 2.40. The molecular formula is C18H35NO. The molecule has 1 aliphatic heterocycles. The van der Waals surface area contributed by atoms with Crippen molar-refractivity contribution < 1.29 is 4.74 Å². The first kappa shape index (κ1) is 16.3. The minimum atomic E-state index is 0.257. The van der Waals surface area contributed by atoms with Crippen LogP contribution in [-0.4, -0.2) is 24.8 Å². The van der Waals surface area contributed by atoms with Gasteiger partial charge in [0.05, 0.1) is 5.60 Å². The molecule has 1 aliphatic carbocycles. The molecule has 20 heavy (non-hydrogen) atoms. The van der Waals surface area contributed by atoms with Crippen molar-refractivity contribution in [2.75, 3.05) is 13.2 Å². The quantitative estimate of drug-likeness (QED) is 0.772. The molecule has 2 heteroatoms. The third-order valence-electron chi connectivity index (χ3n) is 5.39. The summed E-state index contributed by atoms with van der Waals surface area (Å²) in [5.74, 6) is 1.65. The Labute approximate surface area is 126 Å². The van der Waals surface area contributed by atoms with E-state index in [2.05, 4.69) is 26.1 Å². The minimum Gasteiger partial charge on any atom is -0.375 e. The van der Waals surface area contributed by atoms with Gasteiger partial charge in [-0.2, -0.15) is 0 Å². The van der Waals surface area contributed by atoms with Gasteiger partial charge in [0.2, 0.25) is 0 Å². The molecule has 0 bridgehead atoms. The van der Waals surface area contributed by atoms with Crippen molar-refractivity contribution in [1.29, 1.82) is 0 Å². The van der Waals surface area contributed by atoms with Gasteiger partial charge < -0.3 is 10.1 Å². The summed E-state index contributed by atoms with van der Waals surface area (Å²) < 4.78 is 6.26. The van der Waals surface area contributed by atoms with E-state index in [9.17, 15) is 0 Å². The molecule has 0 aromatic heterocycles. The van der Waals surface area contributed by atoms with Crippen molar-refractivity contribution in [1.82, 2.24) is 5.32 Å². The summed E-state index contributed by atoms with van der Waals surface area (Å²) in [5.41, 5.74) is 0.257. The fourth-order valence-corrected chi connectivity index (χ4v) is 4.23. The zero-order valence-corrected chi connectivity index (χ0v) is 13.9. The summed E-state index contributed by atoms with van der Waals surface area (Å²) in [4.78, 5) is 0. The predicted molar refractivity (Wildman–Crippen MR) is 86.0 cm³/mol. The van der Waals surface area contributed by atoms with Crippen molar-refractivity contribution in [3.05, 3.63) is 0 Å². The van der Waals surface area contributed by atoms with Crippen molar-refractivity contribution in [3.63, 3.8) is 0 Å². The fourth-order valence-electron chi connectivity index (χ4n) is 4.23. The van der Waals surface area contributed by atoms with E-state index in [0.29, 0.717) is 6.04 Å². The van der Waals surface area contributed by atoms with Crippen LogP contribution in [0.5, 0.6) is 0 Å². The van der Waals surface area contributed by atoms with E-state index >= 15 is 0 Å². The SMILES string of the molecule is CCNC(CCC(C)C)C1CCOC2(CCCCC2)C1. The van der Waals surface area contributed by atoms with Crippen molar-refractivity contribution >= 4 is 0 Å². The maximum absolute atomic E-state index is 6.26. The van der Waals surface area contributed by atoms with Crippen LogP contribution in [0.25, 0.3) is 0 Å². The van der Waals surface area contributed by atoms with Crippen molar-refractivity contribution in [2.24, 2.45) is 11.8 Å². The van der Waals surface area contributed by atoms with E-state index in [-0.39, 0.29) is 5.60 Å². The largest absolute Gasteiger partial charge is 0.375 e. The van der Waals surface area contributed by atoms with Gasteiger partial charge in [-0.1, -0.05) is 40.0 Å². The van der Waals surface area contributed by atoms with E-state index in [1.165, 1.54) is 57.8 Å². The number of rotatable bonds is 6. The molecule has 2 aliphatic rings. The van der Waals surface area contributed by atoms with Crippen LogP contribution in [0.3, 0.4) is 0 Å². The smallest absolute Gasteiger partial charge is 0.0685 e. The molecule has 1 N–H and O–H groups in total. The van der Waals surface area contributed by atoms with Gasteiger partial charge in [0.1, 0.15) is 0 Å². The van der Waals surface area contributed by atoms with Gasteiger partial charge >= 0.3 is 0 Å². The van der Waals surface area contributed by atoms with Gasteiger partial charge in [-0.25, -0.2) is 0 Å². The van der Waals surface area contributed by atoms with Crippen LogP contribution >= 0.6 is 0 Å². The summed E-state index contributed by atoms with van der Waals surface area (Å²) in [5, 5.41) is 3.77. The zero-order valence-electron chi connectivity index (χ0n) is 13.9. The summed E-state index contributed by atoms with van der Waals surface area (Å²) in [6.07, 6.45) is 12.1. The van der Waals surface area contributed by atoms with Gasteiger partial charge in [0.25, 0.3) is 0 Å². The highest BCUT2D eigenvalue weighted by atomic mass is 16.5. The molecule has 1 saturated carbocycles. The first-order valence-electron chi connectivity index (χ1n) is 9.02. The predicted octanol–water partition coefficient (Wildman–Crippen LogP) is 4.53. The second kappa shape index (κ2) is 7.79. The third kappa shape index (κ3) is 4.46. The summed E-state index contributed by atoms with van der Waals surface area (Å²) in [6.45, 7) is 9.03. The first-order chi connectivity index (χ1) is 9.65. The number of hydrogen-bond acceptors (Lipinski definition) is 2. The summed E-state index contributed by atoms with van der Waals surface area (Å²) in [6, 6.07) is 0.713. The van der Waals surface area contributed by atoms with Crippen molar-refractivity contribution in [3.8, 4) is 0 Å². The van der Waals surface area contributed by atoms with Gasteiger partial charge in [0, 0.05) is 12.6 Å². The summed E-state index contributed by atoms with van der Waals surface area (Å²) >= 11 is 0. The lowest BCUT2D eigenvalue weighted by molar-refractivity contribution is -0.122. The first-order valence-corrected chi connectivity index (χ1v) is 9.02. The van der Waals surface area contributed by atoms with Crippen LogP contribution in [-0.2, 0) is 4.74 Å². The monoisotopic (exact) mass is 281 g/mol. The van der Waals surface area contributed by atoms with E-state index in [1.807, 2.05) is 0 Å². The average Bonchev–Trinajstić information content (AvgIpc) is 2.44. The van der Waals surface area contributed by atoms with Crippen LogP contribution in [0.1, 0.15) is 78.6 Å². The topological polar surface area (TPSA) is 21.3 Å². The Morgan fingerprint density at radius 2 is 1.90 bits per heavy atom. The molecule has 2 unspecified atom stereocenters. The fraction of sp³-hybridized carbons (Fsp3) is 1.00. The Morgan fingerprint density at radius 3 is 2.55 bits per heavy atom.